The molecule has 3 nitrogen and oxygen atoms in total. The molecule has 0 aromatic heterocycles. The number of amides is 1. The molecule has 0 aliphatic rings. The highest BCUT2D eigenvalue weighted by atomic mass is 35.5. The molecule has 0 saturated heterocycles. The molecule has 1 amide bonds. The molecule has 0 N–H and O–H groups in total. The van der Waals surface area contributed by atoms with Crippen LogP contribution in [0.2, 0.25) is 5.02 Å². The minimum absolute atomic E-state index is 0.0106. The average molecular weight is 266 g/mol. The third kappa shape index (κ3) is 4.68. The molecule has 1 rings (SSSR count). The second kappa shape index (κ2) is 7.62. The van der Waals surface area contributed by atoms with Crippen LogP contribution in [0, 0.1) is 12.3 Å². The van der Waals surface area contributed by atoms with E-state index in [2.05, 4.69) is 5.92 Å². The summed E-state index contributed by atoms with van der Waals surface area (Å²) < 4.78 is 5.38. The van der Waals surface area contributed by atoms with E-state index in [-0.39, 0.29) is 12.5 Å². The lowest BCUT2D eigenvalue weighted by Gasteiger charge is -2.19. The summed E-state index contributed by atoms with van der Waals surface area (Å²) in [5, 5.41) is 0.633. The minimum atomic E-state index is -0.107. The summed E-state index contributed by atoms with van der Waals surface area (Å²) >= 11 is 5.75. The number of nitrogens with zero attached hydrogens (tertiary/aromatic N) is 1. The molecule has 0 fully saturated rings. The number of carbonyl (C=O) groups excluding carboxylic acids is 1. The normalized spacial score (nSPS) is 9.61. The first-order valence-electron chi connectivity index (χ1n) is 5.77. The zero-order valence-electron chi connectivity index (χ0n) is 10.4. The molecule has 18 heavy (non-hydrogen) atoms. The molecule has 0 heterocycles. The fourth-order valence-electron chi connectivity index (χ4n) is 1.44. The molecule has 96 valence electrons. The second-order valence-corrected chi connectivity index (χ2v) is 4.20. The zero-order chi connectivity index (χ0) is 13.4. The molecule has 4 heteroatoms. The lowest BCUT2D eigenvalue weighted by atomic mass is 10.3. The Morgan fingerprint density at radius 3 is 2.67 bits per heavy atom. The standard InChI is InChI=1S/C14H16ClNO2/c1-3-9-16(10-4-2)14(17)11-18-13-7-5-12(15)6-8-13/h1,5-8H,4,9-11H2,2H3. The summed E-state index contributed by atoms with van der Waals surface area (Å²) in [5.41, 5.74) is 0. The maximum Gasteiger partial charge on any atom is 0.261 e. The number of halogens is 1. The van der Waals surface area contributed by atoms with Crippen LogP contribution in [0.1, 0.15) is 13.3 Å². The smallest absolute Gasteiger partial charge is 0.261 e. The van der Waals surface area contributed by atoms with Gasteiger partial charge in [0.15, 0.2) is 6.61 Å². The van der Waals surface area contributed by atoms with Gasteiger partial charge in [-0.2, -0.15) is 0 Å². The molecule has 1 aromatic carbocycles. The zero-order valence-corrected chi connectivity index (χ0v) is 11.1. The van der Waals surface area contributed by atoms with Gasteiger partial charge >= 0.3 is 0 Å². The average Bonchev–Trinajstić information content (AvgIpc) is 2.37. The van der Waals surface area contributed by atoms with Gasteiger partial charge in [0.1, 0.15) is 5.75 Å². The first-order chi connectivity index (χ1) is 8.67. The van der Waals surface area contributed by atoms with Crippen molar-refractivity contribution in [2.45, 2.75) is 13.3 Å². The highest BCUT2D eigenvalue weighted by Gasteiger charge is 2.11. The molecule has 0 radical (unpaired) electrons. The van der Waals surface area contributed by atoms with Crippen molar-refractivity contribution in [3.8, 4) is 18.1 Å². The number of hydrogen-bond acceptors (Lipinski definition) is 2. The SMILES string of the molecule is C#CCN(CCC)C(=O)COc1ccc(Cl)cc1. The summed E-state index contributed by atoms with van der Waals surface area (Å²) in [6, 6.07) is 6.88. The Labute approximate surface area is 113 Å². The van der Waals surface area contributed by atoms with Crippen molar-refractivity contribution < 1.29 is 9.53 Å². The predicted octanol–water partition coefficient (Wildman–Crippen LogP) is 2.59. The molecule has 1 aromatic rings. The van der Waals surface area contributed by atoms with Gasteiger partial charge in [-0.05, 0) is 30.7 Å². The summed E-state index contributed by atoms with van der Waals surface area (Å²) in [6.07, 6.45) is 6.09. The van der Waals surface area contributed by atoms with E-state index in [9.17, 15) is 4.79 Å². The van der Waals surface area contributed by atoms with E-state index < -0.39 is 0 Å². The molecule has 0 aliphatic carbocycles. The Balaban J connectivity index is 2.48. The van der Waals surface area contributed by atoms with Gasteiger partial charge in [0.05, 0.1) is 6.54 Å². The summed E-state index contributed by atoms with van der Waals surface area (Å²) in [6.45, 7) is 2.95. The largest absolute Gasteiger partial charge is 0.484 e. The van der Waals surface area contributed by atoms with Crippen molar-refractivity contribution in [3.63, 3.8) is 0 Å². The van der Waals surface area contributed by atoms with Gasteiger partial charge in [-0.1, -0.05) is 24.4 Å². The monoisotopic (exact) mass is 265 g/mol. The summed E-state index contributed by atoms with van der Waals surface area (Å²) in [7, 11) is 0. The predicted molar refractivity (Wildman–Crippen MR) is 72.7 cm³/mol. The van der Waals surface area contributed by atoms with Crippen molar-refractivity contribution in [2.24, 2.45) is 0 Å². The molecular formula is C14H16ClNO2. The van der Waals surface area contributed by atoms with Crippen molar-refractivity contribution in [3.05, 3.63) is 29.3 Å². The van der Waals surface area contributed by atoms with E-state index in [0.717, 1.165) is 6.42 Å². The van der Waals surface area contributed by atoms with Gasteiger partial charge in [-0.3, -0.25) is 4.79 Å². The van der Waals surface area contributed by atoms with Crippen molar-refractivity contribution in [1.82, 2.24) is 4.90 Å². The van der Waals surface area contributed by atoms with Gasteiger partial charge in [-0.15, -0.1) is 6.42 Å². The Morgan fingerprint density at radius 1 is 1.44 bits per heavy atom. The number of hydrogen-bond donors (Lipinski definition) is 0. The number of benzene rings is 1. The number of ether oxygens (including phenoxy) is 1. The summed E-state index contributed by atoms with van der Waals surface area (Å²) in [5.74, 6) is 2.98. The number of rotatable bonds is 6. The minimum Gasteiger partial charge on any atom is -0.484 e. The van der Waals surface area contributed by atoms with Crippen LogP contribution in [0.25, 0.3) is 0 Å². The second-order valence-electron chi connectivity index (χ2n) is 3.76. The van der Waals surface area contributed by atoms with Gasteiger partial charge in [-0.25, -0.2) is 0 Å². The molecule has 0 aliphatic heterocycles. The van der Waals surface area contributed by atoms with Crippen LogP contribution in [0.4, 0.5) is 0 Å². The topological polar surface area (TPSA) is 29.5 Å². The van der Waals surface area contributed by atoms with Crippen molar-refractivity contribution >= 4 is 17.5 Å². The molecule has 0 unspecified atom stereocenters. The maximum absolute atomic E-state index is 11.8. The van der Waals surface area contributed by atoms with Gasteiger partial charge in [0, 0.05) is 11.6 Å². The Hall–Kier alpha value is -1.66. The first kappa shape index (κ1) is 14.4. The fraction of sp³-hybridized carbons (Fsp3) is 0.357. The van der Waals surface area contributed by atoms with Crippen LogP contribution in [0.15, 0.2) is 24.3 Å². The van der Waals surface area contributed by atoms with E-state index in [1.54, 1.807) is 29.2 Å². The maximum atomic E-state index is 11.8. The lowest BCUT2D eigenvalue weighted by Crippen LogP contribution is -2.35. The number of terminal acetylenes is 1. The summed E-state index contributed by atoms with van der Waals surface area (Å²) in [4.78, 5) is 13.4. The third-order valence-corrected chi connectivity index (χ3v) is 2.56. The first-order valence-corrected chi connectivity index (χ1v) is 6.14. The van der Waals surface area contributed by atoms with Crippen molar-refractivity contribution in [1.29, 1.82) is 0 Å². The Kier molecular flexibility index (Phi) is 6.10. The van der Waals surface area contributed by atoms with Crippen LogP contribution < -0.4 is 4.74 Å². The molecule has 0 saturated carbocycles. The fourth-order valence-corrected chi connectivity index (χ4v) is 1.57. The Bertz CT molecular complexity index is 422. The molecular weight excluding hydrogens is 250 g/mol. The lowest BCUT2D eigenvalue weighted by molar-refractivity contribution is -0.132. The van der Waals surface area contributed by atoms with E-state index in [0.29, 0.717) is 23.9 Å². The van der Waals surface area contributed by atoms with Gasteiger partial charge in [0.25, 0.3) is 5.91 Å². The molecule has 0 bridgehead atoms. The number of carbonyl (C=O) groups is 1. The van der Waals surface area contributed by atoms with E-state index in [1.165, 1.54) is 0 Å². The van der Waals surface area contributed by atoms with Crippen LogP contribution in [-0.4, -0.2) is 30.5 Å². The van der Waals surface area contributed by atoms with Crippen LogP contribution >= 0.6 is 11.6 Å². The van der Waals surface area contributed by atoms with E-state index in [1.807, 2.05) is 6.92 Å². The van der Waals surface area contributed by atoms with Gasteiger partial charge < -0.3 is 9.64 Å². The molecule has 0 spiro atoms. The third-order valence-electron chi connectivity index (χ3n) is 2.30. The highest BCUT2D eigenvalue weighted by molar-refractivity contribution is 6.30. The van der Waals surface area contributed by atoms with Gasteiger partial charge in [0.2, 0.25) is 0 Å². The van der Waals surface area contributed by atoms with E-state index >= 15 is 0 Å². The van der Waals surface area contributed by atoms with Crippen LogP contribution in [0.5, 0.6) is 5.75 Å². The van der Waals surface area contributed by atoms with Crippen LogP contribution in [0.3, 0.4) is 0 Å². The van der Waals surface area contributed by atoms with Crippen LogP contribution in [-0.2, 0) is 4.79 Å². The van der Waals surface area contributed by atoms with Crippen molar-refractivity contribution in [2.75, 3.05) is 19.7 Å². The quantitative estimate of drug-likeness (QED) is 0.740. The highest BCUT2D eigenvalue weighted by Crippen LogP contribution is 2.15. The molecule has 0 atom stereocenters. The Morgan fingerprint density at radius 2 is 2.11 bits per heavy atom. The van der Waals surface area contributed by atoms with E-state index in [4.69, 9.17) is 22.8 Å².